The predicted molar refractivity (Wildman–Crippen MR) is 50.2 cm³/mol. The lowest BCUT2D eigenvalue weighted by atomic mass is 9.90. The molecule has 0 aromatic carbocycles. The minimum atomic E-state index is -0.497. The third-order valence-corrected chi connectivity index (χ3v) is 4.41. The van der Waals surface area contributed by atoms with E-state index in [0.717, 1.165) is 13.1 Å². The van der Waals surface area contributed by atoms with Gasteiger partial charge in [0.15, 0.2) is 0 Å². The first kappa shape index (κ1) is 8.74. The van der Waals surface area contributed by atoms with Crippen molar-refractivity contribution in [3.8, 4) is 0 Å². The summed E-state index contributed by atoms with van der Waals surface area (Å²) in [6.45, 7) is 6.03. The van der Waals surface area contributed by atoms with Gasteiger partial charge >= 0.3 is 0 Å². The molecule has 1 rings (SSSR count). The minimum absolute atomic E-state index is 0.358. The third kappa shape index (κ3) is 1.46. The highest BCUT2D eigenvalue weighted by atomic mass is 127. The van der Waals surface area contributed by atoms with E-state index in [9.17, 15) is 5.11 Å². The lowest BCUT2D eigenvalue weighted by molar-refractivity contribution is 0.0264. The van der Waals surface area contributed by atoms with E-state index in [1.807, 2.05) is 0 Å². The van der Waals surface area contributed by atoms with Gasteiger partial charge in [-0.2, -0.15) is 0 Å². The largest absolute Gasteiger partial charge is 0.379 e. The van der Waals surface area contributed by atoms with Crippen LogP contribution in [0.25, 0.3) is 0 Å². The Balaban J connectivity index is 2.63. The van der Waals surface area contributed by atoms with E-state index in [-0.39, 0.29) is 0 Å². The Morgan fingerprint density at radius 3 is 2.10 bits per heavy atom. The number of hydrogen-bond acceptors (Lipinski definition) is 2. The molecule has 60 valence electrons. The highest BCUT2D eigenvalue weighted by Crippen LogP contribution is 2.34. The molecular weight excluding hydrogens is 241 g/mol. The van der Waals surface area contributed by atoms with E-state index in [4.69, 9.17) is 0 Å². The molecule has 0 aromatic heterocycles. The zero-order valence-electron chi connectivity index (χ0n) is 6.39. The zero-order valence-corrected chi connectivity index (χ0v) is 8.55. The lowest BCUT2D eigenvalue weighted by Crippen LogP contribution is -2.50. The summed E-state index contributed by atoms with van der Waals surface area (Å²) < 4.78 is -0.497. The molecule has 0 radical (unpaired) electrons. The Morgan fingerprint density at radius 1 is 1.40 bits per heavy atom. The summed E-state index contributed by atoms with van der Waals surface area (Å²) in [6, 6.07) is 0. The minimum Gasteiger partial charge on any atom is -0.379 e. The molecule has 2 nitrogen and oxygen atoms in total. The van der Waals surface area contributed by atoms with Crippen molar-refractivity contribution >= 4 is 22.6 Å². The van der Waals surface area contributed by atoms with Crippen molar-refractivity contribution in [1.82, 2.24) is 5.32 Å². The van der Waals surface area contributed by atoms with Gasteiger partial charge in [0.1, 0.15) is 3.61 Å². The van der Waals surface area contributed by atoms with Crippen LogP contribution in [0, 0.1) is 11.8 Å². The number of alkyl halides is 1. The van der Waals surface area contributed by atoms with Gasteiger partial charge in [0.25, 0.3) is 0 Å². The van der Waals surface area contributed by atoms with Crippen molar-refractivity contribution in [3.05, 3.63) is 0 Å². The molecule has 0 saturated carbocycles. The van der Waals surface area contributed by atoms with E-state index in [1.165, 1.54) is 0 Å². The summed E-state index contributed by atoms with van der Waals surface area (Å²) in [6.07, 6.45) is 0. The molecule has 0 aliphatic carbocycles. The molecule has 1 heterocycles. The molecule has 2 atom stereocenters. The van der Waals surface area contributed by atoms with Gasteiger partial charge in [-0.15, -0.1) is 0 Å². The summed E-state index contributed by atoms with van der Waals surface area (Å²) in [4.78, 5) is 0. The van der Waals surface area contributed by atoms with E-state index in [0.29, 0.717) is 11.8 Å². The van der Waals surface area contributed by atoms with Crippen LogP contribution in [0.15, 0.2) is 0 Å². The Bertz CT molecular complexity index is 115. The summed E-state index contributed by atoms with van der Waals surface area (Å²) in [5.74, 6) is 0.716. The fraction of sp³-hybridized carbons (Fsp3) is 1.00. The van der Waals surface area contributed by atoms with Gasteiger partial charge in [-0.25, -0.2) is 0 Å². The molecule has 0 bridgehead atoms. The van der Waals surface area contributed by atoms with Crippen LogP contribution in [-0.4, -0.2) is 21.8 Å². The number of piperidine rings is 1. The Morgan fingerprint density at radius 2 is 1.80 bits per heavy atom. The number of aliphatic hydroxyl groups is 1. The van der Waals surface area contributed by atoms with Crippen LogP contribution in [0.3, 0.4) is 0 Å². The lowest BCUT2D eigenvalue weighted by Gasteiger charge is -2.39. The van der Waals surface area contributed by atoms with Crippen LogP contribution in [0.1, 0.15) is 13.8 Å². The number of hydrogen-bond donors (Lipinski definition) is 2. The number of nitrogens with one attached hydrogen (secondary N) is 1. The van der Waals surface area contributed by atoms with Gasteiger partial charge in [-0.3, -0.25) is 0 Å². The quantitative estimate of drug-likeness (QED) is 0.499. The fourth-order valence-electron chi connectivity index (χ4n) is 1.29. The summed E-state index contributed by atoms with van der Waals surface area (Å²) in [5, 5.41) is 13.1. The van der Waals surface area contributed by atoms with E-state index in [1.54, 1.807) is 0 Å². The van der Waals surface area contributed by atoms with Gasteiger partial charge in [-0.1, -0.05) is 13.8 Å². The monoisotopic (exact) mass is 255 g/mol. The molecule has 0 amide bonds. The first-order chi connectivity index (χ1) is 4.55. The molecule has 1 aliphatic heterocycles. The molecular formula is C7H14INO. The number of halogens is 1. The highest BCUT2D eigenvalue weighted by molar-refractivity contribution is 14.1. The maximum atomic E-state index is 9.86. The molecule has 1 saturated heterocycles. The summed E-state index contributed by atoms with van der Waals surface area (Å²) in [5.41, 5.74) is 0. The highest BCUT2D eigenvalue weighted by Gasteiger charge is 2.38. The maximum Gasteiger partial charge on any atom is 0.123 e. The third-order valence-electron chi connectivity index (χ3n) is 2.28. The SMILES string of the molecule is CC1CNCC(C)C1(O)I. The average Bonchev–Trinajstić information content (AvgIpc) is 1.84. The Hall–Kier alpha value is 0.650. The summed E-state index contributed by atoms with van der Waals surface area (Å²) >= 11 is 2.16. The van der Waals surface area contributed by atoms with Crippen molar-refractivity contribution in [2.75, 3.05) is 13.1 Å². The van der Waals surface area contributed by atoms with Gasteiger partial charge in [0.2, 0.25) is 0 Å². The van der Waals surface area contributed by atoms with Crippen molar-refractivity contribution in [2.24, 2.45) is 11.8 Å². The molecule has 1 fully saturated rings. The van der Waals surface area contributed by atoms with Crippen LogP contribution in [0.2, 0.25) is 0 Å². The second-order valence-electron chi connectivity index (χ2n) is 3.19. The maximum absolute atomic E-state index is 9.86. The molecule has 10 heavy (non-hydrogen) atoms. The molecule has 1 aliphatic rings. The van der Waals surface area contributed by atoms with Crippen LogP contribution in [-0.2, 0) is 0 Å². The molecule has 2 N–H and O–H groups in total. The molecule has 0 aromatic rings. The standard InChI is InChI=1S/C7H14INO/c1-5-3-9-4-6(2)7(5,8)10/h5-6,9-10H,3-4H2,1-2H3. The summed E-state index contributed by atoms with van der Waals surface area (Å²) in [7, 11) is 0. The Kier molecular flexibility index (Phi) is 2.58. The van der Waals surface area contributed by atoms with Crippen molar-refractivity contribution in [3.63, 3.8) is 0 Å². The molecule has 0 spiro atoms. The van der Waals surface area contributed by atoms with Crippen LogP contribution >= 0.6 is 22.6 Å². The van der Waals surface area contributed by atoms with Gasteiger partial charge < -0.3 is 10.4 Å². The molecule has 3 heteroatoms. The number of rotatable bonds is 0. The Labute approximate surface area is 75.5 Å². The van der Waals surface area contributed by atoms with E-state index in [2.05, 4.69) is 41.8 Å². The van der Waals surface area contributed by atoms with Gasteiger partial charge in [-0.05, 0) is 22.6 Å². The average molecular weight is 255 g/mol. The zero-order chi connectivity index (χ0) is 7.78. The first-order valence-electron chi connectivity index (χ1n) is 3.67. The van der Waals surface area contributed by atoms with E-state index >= 15 is 0 Å². The van der Waals surface area contributed by atoms with Crippen LogP contribution in [0.5, 0.6) is 0 Å². The second kappa shape index (κ2) is 2.95. The van der Waals surface area contributed by atoms with E-state index < -0.39 is 3.61 Å². The topological polar surface area (TPSA) is 32.3 Å². The van der Waals surface area contributed by atoms with Gasteiger partial charge in [0.05, 0.1) is 0 Å². The fourth-order valence-corrected chi connectivity index (χ4v) is 1.73. The van der Waals surface area contributed by atoms with Crippen molar-refractivity contribution in [1.29, 1.82) is 0 Å². The van der Waals surface area contributed by atoms with Crippen LogP contribution in [0.4, 0.5) is 0 Å². The van der Waals surface area contributed by atoms with Crippen molar-refractivity contribution < 1.29 is 5.11 Å². The van der Waals surface area contributed by atoms with Gasteiger partial charge in [0, 0.05) is 24.9 Å². The normalized spacial score (nSPS) is 49.2. The predicted octanol–water partition coefficient (Wildman–Crippen LogP) is 0.985. The first-order valence-corrected chi connectivity index (χ1v) is 4.75. The van der Waals surface area contributed by atoms with Crippen molar-refractivity contribution in [2.45, 2.75) is 17.5 Å². The molecule has 2 unspecified atom stereocenters. The smallest absolute Gasteiger partial charge is 0.123 e. The van der Waals surface area contributed by atoms with Crippen LogP contribution < -0.4 is 5.32 Å². The second-order valence-corrected chi connectivity index (χ2v) is 4.92.